The van der Waals surface area contributed by atoms with Gasteiger partial charge in [-0.1, -0.05) is 12.1 Å². The second-order valence-electron chi connectivity index (χ2n) is 5.64. The molecule has 0 radical (unpaired) electrons. The van der Waals surface area contributed by atoms with Crippen LogP contribution in [0.15, 0.2) is 24.3 Å². The summed E-state index contributed by atoms with van der Waals surface area (Å²) in [6.45, 7) is 1.87. The van der Waals surface area contributed by atoms with Crippen LogP contribution in [0.4, 0.5) is 4.39 Å². The molecule has 3 rings (SSSR count). The lowest BCUT2D eigenvalue weighted by Crippen LogP contribution is -2.37. The number of carbonyl (C=O) groups is 1. The zero-order valence-corrected chi connectivity index (χ0v) is 11.7. The minimum Gasteiger partial charge on any atom is -0.321 e. The number of rotatable bonds is 5. The molecule has 1 heterocycles. The number of hydrogen-bond donors (Lipinski definition) is 1. The fourth-order valence-electron chi connectivity index (χ4n) is 2.73. The van der Waals surface area contributed by atoms with Crippen molar-refractivity contribution < 1.29 is 9.18 Å². The van der Waals surface area contributed by atoms with E-state index in [1.165, 1.54) is 25.0 Å². The van der Waals surface area contributed by atoms with Crippen molar-refractivity contribution in [3.05, 3.63) is 35.6 Å². The van der Waals surface area contributed by atoms with E-state index in [0.717, 1.165) is 12.1 Å². The highest BCUT2D eigenvalue weighted by atomic mass is 19.1. The predicted octanol–water partition coefficient (Wildman–Crippen LogP) is 1.35. The summed E-state index contributed by atoms with van der Waals surface area (Å²) in [5.74, 6) is -0.179. The van der Waals surface area contributed by atoms with E-state index in [4.69, 9.17) is 0 Å². The SMILES string of the molecule is CN(CCN1C(=O)CNC1c1cccc(F)c1)C1CC1. The van der Waals surface area contributed by atoms with Gasteiger partial charge in [0.2, 0.25) is 5.91 Å². The number of nitrogens with one attached hydrogen (secondary N) is 1. The molecular weight excluding hydrogens is 257 g/mol. The molecule has 20 heavy (non-hydrogen) atoms. The maximum atomic E-state index is 13.3. The van der Waals surface area contributed by atoms with Gasteiger partial charge in [0.1, 0.15) is 12.0 Å². The predicted molar refractivity (Wildman–Crippen MR) is 74.5 cm³/mol. The third-order valence-corrected chi connectivity index (χ3v) is 4.11. The van der Waals surface area contributed by atoms with Crippen molar-refractivity contribution in [3.63, 3.8) is 0 Å². The third kappa shape index (κ3) is 2.83. The first kappa shape index (κ1) is 13.5. The molecule has 1 amide bonds. The van der Waals surface area contributed by atoms with Gasteiger partial charge >= 0.3 is 0 Å². The van der Waals surface area contributed by atoms with Crippen LogP contribution in [0.5, 0.6) is 0 Å². The first-order chi connectivity index (χ1) is 9.65. The van der Waals surface area contributed by atoms with Crippen LogP contribution in [0, 0.1) is 5.82 Å². The molecule has 1 N–H and O–H groups in total. The Balaban J connectivity index is 1.68. The molecule has 1 unspecified atom stereocenters. The summed E-state index contributed by atoms with van der Waals surface area (Å²) >= 11 is 0. The molecule has 0 spiro atoms. The molecule has 108 valence electrons. The minimum absolute atomic E-state index is 0.0865. The molecule has 0 aromatic heterocycles. The van der Waals surface area contributed by atoms with Crippen molar-refractivity contribution in [2.75, 3.05) is 26.7 Å². The van der Waals surface area contributed by atoms with Crippen LogP contribution in [0.3, 0.4) is 0 Å². The van der Waals surface area contributed by atoms with Crippen LogP contribution in [0.1, 0.15) is 24.6 Å². The van der Waals surface area contributed by atoms with E-state index in [0.29, 0.717) is 19.1 Å². The molecule has 2 fully saturated rings. The second kappa shape index (κ2) is 5.50. The fourth-order valence-corrected chi connectivity index (χ4v) is 2.73. The Hall–Kier alpha value is -1.46. The van der Waals surface area contributed by atoms with Gasteiger partial charge in [0.05, 0.1) is 6.54 Å². The molecule has 5 heteroatoms. The monoisotopic (exact) mass is 277 g/mol. The average molecular weight is 277 g/mol. The zero-order chi connectivity index (χ0) is 14.1. The molecule has 1 saturated heterocycles. The van der Waals surface area contributed by atoms with Gasteiger partial charge in [0.25, 0.3) is 0 Å². The van der Waals surface area contributed by atoms with Gasteiger partial charge in [-0.2, -0.15) is 0 Å². The molecule has 2 aliphatic rings. The van der Waals surface area contributed by atoms with Gasteiger partial charge in [-0.25, -0.2) is 4.39 Å². The quantitative estimate of drug-likeness (QED) is 0.882. The number of amides is 1. The number of carbonyl (C=O) groups excluding carboxylic acids is 1. The normalized spacial score (nSPS) is 22.9. The average Bonchev–Trinajstić information content (AvgIpc) is 3.21. The lowest BCUT2D eigenvalue weighted by molar-refractivity contribution is -0.128. The van der Waals surface area contributed by atoms with Gasteiger partial charge in [0.15, 0.2) is 0 Å². The summed E-state index contributed by atoms with van der Waals surface area (Å²) in [5, 5.41) is 3.16. The lowest BCUT2D eigenvalue weighted by Gasteiger charge is -2.27. The van der Waals surface area contributed by atoms with Crippen molar-refractivity contribution in [2.24, 2.45) is 0 Å². The highest BCUT2D eigenvalue weighted by molar-refractivity contribution is 5.80. The molecule has 1 aromatic rings. The molecule has 1 aliphatic heterocycles. The van der Waals surface area contributed by atoms with E-state index in [9.17, 15) is 9.18 Å². The summed E-state index contributed by atoms with van der Waals surface area (Å²) in [6.07, 6.45) is 2.32. The first-order valence-electron chi connectivity index (χ1n) is 7.14. The zero-order valence-electron chi connectivity index (χ0n) is 11.7. The van der Waals surface area contributed by atoms with E-state index in [2.05, 4.69) is 17.3 Å². The maximum Gasteiger partial charge on any atom is 0.238 e. The van der Waals surface area contributed by atoms with Crippen LogP contribution >= 0.6 is 0 Å². The summed E-state index contributed by atoms with van der Waals surface area (Å²) in [4.78, 5) is 16.1. The topological polar surface area (TPSA) is 35.6 Å². The second-order valence-corrected chi connectivity index (χ2v) is 5.64. The number of nitrogens with zero attached hydrogens (tertiary/aromatic N) is 2. The van der Waals surface area contributed by atoms with Crippen molar-refractivity contribution >= 4 is 5.91 Å². The van der Waals surface area contributed by atoms with Crippen molar-refractivity contribution in [1.29, 1.82) is 0 Å². The smallest absolute Gasteiger partial charge is 0.238 e. The fraction of sp³-hybridized carbons (Fsp3) is 0.533. The van der Waals surface area contributed by atoms with Crippen LogP contribution in [-0.2, 0) is 4.79 Å². The third-order valence-electron chi connectivity index (χ3n) is 4.11. The lowest BCUT2D eigenvalue weighted by atomic mass is 10.1. The first-order valence-corrected chi connectivity index (χ1v) is 7.14. The van der Waals surface area contributed by atoms with Gasteiger partial charge in [-0.3, -0.25) is 10.1 Å². The van der Waals surface area contributed by atoms with Gasteiger partial charge < -0.3 is 9.80 Å². The molecule has 1 aromatic carbocycles. The minimum atomic E-state index is -0.265. The molecule has 1 saturated carbocycles. The van der Waals surface area contributed by atoms with Crippen molar-refractivity contribution in [2.45, 2.75) is 25.0 Å². The van der Waals surface area contributed by atoms with Gasteiger partial charge in [-0.05, 0) is 37.6 Å². The number of hydrogen-bond acceptors (Lipinski definition) is 3. The molecule has 1 atom stereocenters. The van der Waals surface area contributed by atoms with Crippen LogP contribution in [0.25, 0.3) is 0 Å². The summed E-state index contributed by atoms with van der Waals surface area (Å²) in [6, 6.07) is 7.15. The van der Waals surface area contributed by atoms with Crippen LogP contribution in [-0.4, -0.2) is 48.4 Å². The van der Waals surface area contributed by atoms with E-state index >= 15 is 0 Å². The Morgan fingerprint density at radius 3 is 2.95 bits per heavy atom. The maximum absolute atomic E-state index is 13.3. The van der Waals surface area contributed by atoms with E-state index < -0.39 is 0 Å². The molecule has 1 aliphatic carbocycles. The molecule has 0 bridgehead atoms. The number of halogens is 1. The largest absolute Gasteiger partial charge is 0.321 e. The van der Waals surface area contributed by atoms with Crippen molar-refractivity contribution in [1.82, 2.24) is 15.1 Å². The number of likely N-dealkylation sites (N-methyl/N-ethyl adjacent to an activating group) is 1. The Morgan fingerprint density at radius 1 is 1.45 bits per heavy atom. The van der Waals surface area contributed by atoms with Crippen LogP contribution < -0.4 is 5.32 Å². The van der Waals surface area contributed by atoms with Gasteiger partial charge in [-0.15, -0.1) is 0 Å². The highest BCUT2D eigenvalue weighted by Crippen LogP contribution is 2.26. The summed E-state index contributed by atoms with van der Waals surface area (Å²) < 4.78 is 13.3. The van der Waals surface area contributed by atoms with E-state index in [1.807, 2.05) is 11.0 Å². The Kier molecular flexibility index (Phi) is 3.72. The van der Waals surface area contributed by atoms with Crippen molar-refractivity contribution in [3.8, 4) is 0 Å². The molecular formula is C15H20FN3O. The van der Waals surface area contributed by atoms with Crippen LogP contribution in [0.2, 0.25) is 0 Å². The Morgan fingerprint density at radius 2 is 2.25 bits per heavy atom. The Labute approximate surface area is 118 Å². The molecule has 4 nitrogen and oxygen atoms in total. The van der Waals surface area contributed by atoms with E-state index in [-0.39, 0.29) is 17.9 Å². The number of benzene rings is 1. The standard InChI is InChI=1S/C15H20FN3O/c1-18(13-5-6-13)7-8-19-14(20)10-17-15(19)11-3-2-4-12(16)9-11/h2-4,9,13,15,17H,5-8,10H2,1H3. The Bertz CT molecular complexity index is 504. The summed E-state index contributed by atoms with van der Waals surface area (Å²) in [5.41, 5.74) is 0.810. The van der Waals surface area contributed by atoms with Gasteiger partial charge in [0, 0.05) is 19.1 Å². The summed E-state index contributed by atoms with van der Waals surface area (Å²) in [7, 11) is 2.10. The highest BCUT2D eigenvalue weighted by Gasteiger charge is 2.33. The van der Waals surface area contributed by atoms with E-state index in [1.54, 1.807) is 6.07 Å².